The number of aromatic nitrogens is 2. The van der Waals surface area contributed by atoms with Gasteiger partial charge >= 0.3 is 0 Å². The van der Waals surface area contributed by atoms with Gasteiger partial charge in [0.1, 0.15) is 17.5 Å². The van der Waals surface area contributed by atoms with Crippen LogP contribution in [0.4, 0.5) is 14.5 Å². The number of hydrogen-bond donors (Lipinski definition) is 0. The second-order valence-corrected chi connectivity index (χ2v) is 6.75. The molecule has 25 heavy (non-hydrogen) atoms. The maximum atomic E-state index is 13.8. The Morgan fingerprint density at radius 1 is 1.28 bits per heavy atom. The van der Waals surface area contributed by atoms with Crippen LogP contribution in [0.1, 0.15) is 30.8 Å². The van der Waals surface area contributed by atoms with Crippen LogP contribution in [0.15, 0.2) is 24.3 Å². The predicted molar refractivity (Wildman–Crippen MR) is 94.5 cm³/mol. The van der Waals surface area contributed by atoms with E-state index in [1.165, 1.54) is 12.1 Å². The van der Waals surface area contributed by atoms with Gasteiger partial charge in [0.05, 0.1) is 17.1 Å². The van der Waals surface area contributed by atoms with Crippen molar-refractivity contribution in [2.75, 3.05) is 17.3 Å². The molecule has 0 saturated heterocycles. The molecule has 0 unspecified atom stereocenters. The minimum absolute atomic E-state index is 0. The molecule has 4 nitrogen and oxygen atoms in total. The molecule has 134 valence electrons. The van der Waals surface area contributed by atoms with Crippen molar-refractivity contribution in [3.63, 3.8) is 0 Å². The molecule has 0 N–H and O–H groups in total. The second kappa shape index (κ2) is 7.22. The summed E-state index contributed by atoms with van der Waals surface area (Å²) >= 11 is 5.68. The molecule has 1 amide bonds. The molecule has 0 radical (unpaired) electrons. The summed E-state index contributed by atoms with van der Waals surface area (Å²) in [6.45, 7) is 4.42. The molecule has 2 aromatic rings. The Labute approximate surface area is 155 Å². The van der Waals surface area contributed by atoms with E-state index in [-0.39, 0.29) is 36.0 Å². The SMILES string of the molecule is CC1(C)CN(C(=O)CCl)c2cc(Cc3ccc(F)cc3F)nnc21.Cl. The third kappa shape index (κ3) is 3.75. The van der Waals surface area contributed by atoms with Gasteiger partial charge in [0.15, 0.2) is 0 Å². The Hall–Kier alpha value is -1.79. The van der Waals surface area contributed by atoms with Crippen molar-refractivity contribution in [3.8, 4) is 0 Å². The first-order valence-corrected chi connectivity index (χ1v) is 8.02. The molecule has 1 aromatic heterocycles. The third-order valence-electron chi connectivity index (χ3n) is 4.11. The first kappa shape index (κ1) is 19.5. The zero-order valence-electron chi connectivity index (χ0n) is 13.7. The van der Waals surface area contributed by atoms with Gasteiger partial charge in [0.2, 0.25) is 5.91 Å². The lowest BCUT2D eigenvalue weighted by molar-refractivity contribution is -0.116. The van der Waals surface area contributed by atoms with E-state index in [9.17, 15) is 13.6 Å². The van der Waals surface area contributed by atoms with Crippen LogP contribution >= 0.6 is 24.0 Å². The minimum Gasteiger partial charge on any atom is -0.309 e. The molecule has 1 aromatic carbocycles. The van der Waals surface area contributed by atoms with E-state index >= 15 is 0 Å². The first-order valence-electron chi connectivity index (χ1n) is 7.49. The summed E-state index contributed by atoms with van der Waals surface area (Å²) in [5.41, 5.74) is 1.86. The number of hydrogen-bond acceptors (Lipinski definition) is 3. The highest BCUT2D eigenvalue weighted by molar-refractivity contribution is 6.29. The Morgan fingerprint density at radius 3 is 2.64 bits per heavy atom. The molecule has 0 bridgehead atoms. The first-order chi connectivity index (χ1) is 11.3. The summed E-state index contributed by atoms with van der Waals surface area (Å²) in [6, 6.07) is 5.14. The van der Waals surface area contributed by atoms with Gasteiger partial charge in [-0.2, -0.15) is 10.2 Å². The summed E-state index contributed by atoms with van der Waals surface area (Å²) in [7, 11) is 0. The van der Waals surface area contributed by atoms with E-state index in [0.717, 1.165) is 6.07 Å². The van der Waals surface area contributed by atoms with Gasteiger partial charge < -0.3 is 4.90 Å². The van der Waals surface area contributed by atoms with Crippen molar-refractivity contribution in [3.05, 3.63) is 52.9 Å². The molecular weight excluding hydrogens is 371 g/mol. The number of carbonyl (C=O) groups is 1. The number of carbonyl (C=O) groups excluding carboxylic acids is 1. The van der Waals surface area contributed by atoms with Crippen LogP contribution in [0, 0.1) is 11.6 Å². The van der Waals surface area contributed by atoms with E-state index < -0.39 is 11.6 Å². The Morgan fingerprint density at radius 2 is 2.00 bits per heavy atom. The average molecular weight is 388 g/mol. The molecule has 1 aliphatic heterocycles. The highest BCUT2D eigenvalue weighted by Gasteiger charge is 2.39. The van der Waals surface area contributed by atoms with Crippen molar-refractivity contribution in [1.29, 1.82) is 0 Å². The third-order valence-corrected chi connectivity index (χ3v) is 4.34. The monoisotopic (exact) mass is 387 g/mol. The summed E-state index contributed by atoms with van der Waals surface area (Å²) in [6.07, 6.45) is 0.162. The van der Waals surface area contributed by atoms with E-state index in [1.807, 2.05) is 13.8 Å². The fraction of sp³-hybridized carbons (Fsp3) is 0.353. The lowest BCUT2D eigenvalue weighted by Crippen LogP contribution is -2.34. The molecule has 0 aliphatic carbocycles. The average Bonchev–Trinajstić information content (AvgIpc) is 2.80. The maximum absolute atomic E-state index is 13.8. The number of amides is 1. The van der Waals surface area contributed by atoms with Crippen LogP contribution in [0.2, 0.25) is 0 Å². The Balaban J connectivity index is 0.00000225. The standard InChI is InChI=1S/C17H16ClF2N3O.ClH/c1-17(2)9-23(15(24)8-18)14-7-12(21-22-16(14)17)5-10-3-4-11(19)6-13(10)20;/h3-4,6-7H,5,8-9H2,1-2H3;1H. The minimum atomic E-state index is -0.633. The van der Waals surface area contributed by atoms with Crippen molar-refractivity contribution in [2.45, 2.75) is 25.7 Å². The molecule has 0 saturated carbocycles. The maximum Gasteiger partial charge on any atom is 0.241 e. The number of rotatable bonds is 3. The molecular formula is C17H17Cl2F2N3O. The van der Waals surface area contributed by atoms with E-state index in [4.69, 9.17) is 11.6 Å². The molecule has 8 heteroatoms. The Bertz CT molecular complexity index is 814. The normalized spacial score (nSPS) is 14.8. The molecule has 2 heterocycles. The molecule has 0 atom stereocenters. The highest BCUT2D eigenvalue weighted by Crippen LogP contribution is 2.39. The summed E-state index contributed by atoms with van der Waals surface area (Å²) in [5.74, 6) is -1.60. The Kier molecular flexibility index (Phi) is 5.64. The highest BCUT2D eigenvalue weighted by atomic mass is 35.5. The van der Waals surface area contributed by atoms with Crippen molar-refractivity contribution >= 4 is 35.6 Å². The number of alkyl halides is 1. The zero-order valence-corrected chi connectivity index (χ0v) is 15.3. The van der Waals surface area contributed by atoms with Gasteiger partial charge in [-0.25, -0.2) is 8.78 Å². The van der Waals surface area contributed by atoms with Gasteiger partial charge in [-0.05, 0) is 17.7 Å². The van der Waals surface area contributed by atoms with Gasteiger partial charge in [0, 0.05) is 24.4 Å². The van der Waals surface area contributed by atoms with Gasteiger partial charge in [-0.15, -0.1) is 24.0 Å². The fourth-order valence-electron chi connectivity index (χ4n) is 2.90. The molecule has 1 aliphatic rings. The van der Waals surface area contributed by atoms with Crippen LogP contribution in [0.3, 0.4) is 0 Å². The quantitative estimate of drug-likeness (QED) is 0.755. The number of fused-ring (bicyclic) bond motifs is 1. The summed E-state index contributed by atoms with van der Waals surface area (Å²) < 4.78 is 26.8. The van der Waals surface area contributed by atoms with Gasteiger partial charge in [-0.3, -0.25) is 4.79 Å². The van der Waals surface area contributed by atoms with Crippen molar-refractivity contribution < 1.29 is 13.6 Å². The van der Waals surface area contributed by atoms with E-state index in [1.54, 1.807) is 11.0 Å². The van der Waals surface area contributed by atoms with Crippen LogP contribution in [0.5, 0.6) is 0 Å². The molecule has 0 spiro atoms. The summed E-state index contributed by atoms with van der Waals surface area (Å²) in [4.78, 5) is 13.7. The number of anilines is 1. The number of nitrogens with zero attached hydrogens (tertiary/aromatic N) is 3. The smallest absolute Gasteiger partial charge is 0.241 e. The fourth-order valence-corrected chi connectivity index (χ4v) is 3.05. The molecule has 0 fully saturated rings. The lowest BCUT2D eigenvalue weighted by Gasteiger charge is -2.19. The van der Waals surface area contributed by atoms with Gasteiger partial charge in [0.25, 0.3) is 0 Å². The number of benzene rings is 1. The topological polar surface area (TPSA) is 46.1 Å². The molecule has 3 rings (SSSR count). The van der Waals surface area contributed by atoms with E-state index in [2.05, 4.69) is 10.2 Å². The van der Waals surface area contributed by atoms with E-state index in [0.29, 0.717) is 29.2 Å². The van der Waals surface area contributed by atoms with Crippen LogP contribution in [-0.4, -0.2) is 28.5 Å². The van der Waals surface area contributed by atoms with Crippen LogP contribution in [-0.2, 0) is 16.6 Å². The zero-order chi connectivity index (χ0) is 17.5. The largest absolute Gasteiger partial charge is 0.309 e. The second-order valence-electron chi connectivity index (χ2n) is 6.48. The van der Waals surface area contributed by atoms with Crippen molar-refractivity contribution in [1.82, 2.24) is 10.2 Å². The van der Waals surface area contributed by atoms with Crippen LogP contribution in [0.25, 0.3) is 0 Å². The van der Waals surface area contributed by atoms with Crippen LogP contribution < -0.4 is 4.90 Å². The predicted octanol–water partition coefficient (Wildman–Crippen LogP) is 3.63. The number of halogens is 4. The van der Waals surface area contributed by atoms with Gasteiger partial charge in [-0.1, -0.05) is 19.9 Å². The van der Waals surface area contributed by atoms with Crippen molar-refractivity contribution in [2.24, 2.45) is 0 Å². The summed E-state index contributed by atoms with van der Waals surface area (Å²) in [5, 5.41) is 8.38. The lowest BCUT2D eigenvalue weighted by atomic mass is 9.91.